The molecule has 0 unspecified atom stereocenters. The van der Waals surface area contributed by atoms with Gasteiger partial charge in [0.2, 0.25) is 10.0 Å². The lowest BCUT2D eigenvalue weighted by atomic mass is 10.1. The molecule has 0 aliphatic carbocycles. The maximum atomic E-state index is 13.5. The molecule has 176 valence electrons. The van der Waals surface area contributed by atoms with Gasteiger partial charge in [-0.2, -0.15) is 0 Å². The smallest absolute Gasteiger partial charge is 0.267 e. The Morgan fingerprint density at radius 1 is 1.30 bits per heavy atom. The Bertz CT molecular complexity index is 1370. The van der Waals surface area contributed by atoms with E-state index in [-0.39, 0.29) is 29.9 Å². The van der Waals surface area contributed by atoms with E-state index in [1.54, 1.807) is 6.26 Å². The summed E-state index contributed by atoms with van der Waals surface area (Å²) in [5.41, 5.74) is -0.558. The van der Waals surface area contributed by atoms with E-state index < -0.39 is 38.6 Å². The summed E-state index contributed by atoms with van der Waals surface area (Å²) >= 11 is 1.30. The summed E-state index contributed by atoms with van der Waals surface area (Å²) in [4.78, 5) is 30.8. The second-order valence-electron chi connectivity index (χ2n) is 7.29. The number of nitrogens with one attached hydrogen (secondary N) is 1. The highest BCUT2D eigenvalue weighted by atomic mass is 32.2. The molecule has 0 saturated heterocycles. The molecule has 0 fully saturated rings. The average molecular weight is 495 g/mol. The van der Waals surface area contributed by atoms with Gasteiger partial charge in [0.25, 0.3) is 11.5 Å². The molecule has 1 aromatic carbocycles. The summed E-state index contributed by atoms with van der Waals surface area (Å²) in [6.45, 7) is -0.250. The van der Waals surface area contributed by atoms with Crippen molar-refractivity contribution < 1.29 is 22.7 Å². The van der Waals surface area contributed by atoms with Crippen molar-refractivity contribution in [2.75, 3.05) is 26.1 Å². The van der Waals surface area contributed by atoms with Crippen LogP contribution in [0.15, 0.2) is 46.2 Å². The molecule has 12 heteroatoms. The molecular weight excluding hydrogens is 471 g/mol. The number of fused-ring (bicyclic) bond motifs is 1. The number of hydrogen-bond acceptors (Lipinski definition) is 7. The van der Waals surface area contributed by atoms with E-state index in [1.807, 2.05) is 0 Å². The number of rotatable bonds is 8. The topological polar surface area (TPSA) is 122 Å². The van der Waals surface area contributed by atoms with Gasteiger partial charge >= 0.3 is 0 Å². The molecule has 0 atom stereocenters. The Labute approximate surface area is 194 Å². The zero-order chi connectivity index (χ0) is 24.3. The fourth-order valence-electron chi connectivity index (χ4n) is 3.21. The van der Waals surface area contributed by atoms with Crippen LogP contribution in [0.25, 0.3) is 11.0 Å². The number of aromatic nitrogens is 2. The van der Waals surface area contributed by atoms with Gasteiger partial charge in [-0.25, -0.2) is 17.1 Å². The molecule has 33 heavy (non-hydrogen) atoms. The first-order valence-electron chi connectivity index (χ1n) is 9.78. The van der Waals surface area contributed by atoms with Crippen molar-refractivity contribution in [3.05, 3.63) is 63.8 Å². The lowest BCUT2D eigenvalue weighted by Gasteiger charge is -2.16. The molecular formula is C21H23FN4O5S2. The Balaban J connectivity index is 2.00. The van der Waals surface area contributed by atoms with Crippen molar-refractivity contribution in [3.63, 3.8) is 0 Å². The van der Waals surface area contributed by atoms with Gasteiger partial charge in [0, 0.05) is 38.3 Å². The van der Waals surface area contributed by atoms with Gasteiger partial charge in [0.15, 0.2) is 5.75 Å². The van der Waals surface area contributed by atoms with Crippen LogP contribution >= 0.6 is 11.8 Å². The molecule has 3 aromatic rings. The van der Waals surface area contributed by atoms with Crippen LogP contribution in [-0.2, 0) is 23.1 Å². The minimum absolute atomic E-state index is 0.00362. The van der Waals surface area contributed by atoms with Crippen LogP contribution in [0.5, 0.6) is 5.75 Å². The minimum atomic E-state index is -3.63. The van der Waals surface area contributed by atoms with Crippen LogP contribution in [0.3, 0.4) is 0 Å². The molecule has 3 rings (SSSR count). The third kappa shape index (κ3) is 5.18. The molecule has 0 radical (unpaired) electrons. The summed E-state index contributed by atoms with van der Waals surface area (Å²) < 4.78 is 40.1. The number of benzene rings is 1. The van der Waals surface area contributed by atoms with Gasteiger partial charge in [-0.3, -0.25) is 14.6 Å². The molecule has 0 spiro atoms. The third-order valence-corrected chi connectivity index (χ3v) is 7.67. The molecule has 0 aliphatic rings. The predicted octanol–water partition coefficient (Wildman–Crippen LogP) is 1.78. The molecule has 0 bridgehead atoms. The van der Waals surface area contributed by atoms with Crippen LogP contribution in [0, 0.1) is 5.82 Å². The third-order valence-electron chi connectivity index (χ3n) is 5.04. The number of nitrogens with zero attached hydrogens (tertiary/aromatic N) is 3. The van der Waals surface area contributed by atoms with Crippen molar-refractivity contribution >= 4 is 38.7 Å². The molecule has 0 aliphatic heterocycles. The number of carbonyl (C=O) groups excluding carboxylic acids is 1. The van der Waals surface area contributed by atoms with Gasteiger partial charge in [-0.15, -0.1) is 11.8 Å². The number of amides is 1. The van der Waals surface area contributed by atoms with E-state index >= 15 is 0 Å². The molecule has 1 amide bonds. The summed E-state index contributed by atoms with van der Waals surface area (Å²) in [6, 6.07) is 7.17. The van der Waals surface area contributed by atoms with Crippen molar-refractivity contribution in [3.8, 4) is 5.75 Å². The summed E-state index contributed by atoms with van der Waals surface area (Å²) in [6.07, 6.45) is 3.15. The number of sulfonamides is 1. The van der Waals surface area contributed by atoms with E-state index in [1.165, 1.54) is 62.4 Å². The Morgan fingerprint density at radius 3 is 2.70 bits per heavy atom. The van der Waals surface area contributed by atoms with Crippen molar-refractivity contribution in [2.24, 2.45) is 0 Å². The van der Waals surface area contributed by atoms with E-state index in [0.717, 1.165) is 8.87 Å². The first kappa shape index (κ1) is 24.7. The normalized spacial score (nSPS) is 11.8. The fraction of sp³-hybridized carbons (Fsp3) is 0.286. The minimum Gasteiger partial charge on any atom is -0.505 e. The van der Waals surface area contributed by atoms with Gasteiger partial charge in [0.05, 0.1) is 11.3 Å². The summed E-state index contributed by atoms with van der Waals surface area (Å²) in [7, 11) is -0.864. The number of aromatic hydroxyl groups is 1. The number of pyridine rings is 2. The Kier molecular flexibility index (Phi) is 7.40. The van der Waals surface area contributed by atoms with Crippen LogP contribution in [0.4, 0.5) is 4.39 Å². The zero-order valence-corrected chi connectivity index (χ0v) is 19.8. The highest BCUT2D eigenvalue weighted by Crippen LogP contribution is 2.25. The molecule has 0 saturated carbocycles. The van der Waals surface area contributed by atoms with E-state index in [9.17, 15) is 27.5 Å². The Hall–Kier alpha value is -2.96. The van der Waals surface area contributed by atoms with Crippen molar-refractivity contribution in [2.45, 2.75) is 18.0 Å². The highest BCUT2D eigenvalue weighted by molar-refractivity contribution is 7.98. The number of halogens is 1. The zero-order valence-electron chi connectivity index (χ0n) is 18.2. The van der Waals surface area contributed by atoms with Gasteiger partial charge < -0.3 is 15.0 Å². The molecule has 2 N–H and O–H groups in total. The fourth-order valence-corrected chi connectivity index (χ4v) is 4.62. The highest BCUT2D eigenvalue weighted by Gasteiger charge is 2.24. The van der Waals surface area contributed by atoms with Crippen LogP contribution in [0.1, 0.15) is 15.9 Å². The standard InChI is InChI=1S/C21H23FN4O5S2/c1-25(2)33(30,31)10-9-26-15-5-4-8-23-18(15)19(27)17(21(26)29)20(28)24-12-13-6-7-14(22)11-16(13)32-3/h4-8,11,27H,9-10,12H2,1-3H3,(H,24,28). The van der Waals surface area contributed by atoms with E-state index in [2.05, 4.69) is 10.3 Å². The first-order chi connectivity index (χ1) is 15.6. The van der Waals surface area contributed by atoms with Gasteiger partial charge in [0.1, 0.15) is 16.9 Å². The SMILES string of the molecule is CSc1cc(F)ccc1CNC(=O)c1c(O)c2ncccc2n(CCS(=O)(=O)N(C)C)c1=O. The van der Waals surface area contributed by atoms with Crippen LogP contribution in [-0.4, -0.2) is 59.4 Å². The predicted molar refractivity (Wildman–Crippen MR) is 124 cm³/mol. The second kappa shape index (κ2) is 9.89. The number of carbonyl (C=O) groups is 1. The number of hydrogen-bond donors (Lipinski definition) is 2. The second-order valence-corrected chi connectivity index (χ2v) is 10.4. The number of aryl methyl sites for hydroxylation is 1. The number of thioether (sulfide) groups is 1. The molecule has 9 nitrogen and oxygen atoms in total. The molecule has 2 heterocycles. The van der Waals surface area contributed by atoms with E-state index in [0.29, 0.717) is 10.5 Å². The van der Waals surface area contributed by atoms with Crippen molar-refractivity contribution in [1.29, 1.82) is 0 Å². The summed E-state index contributed by atoms with van der Waals surface area (Å²) in [5.74, 6) is -2.25. The first-order valence-corrected chi connectivity index (χ1v) is 12.6. The summed E-state index contributed by atoms with van der Waals surface area (Å²) in [5, 5.41) is 13.2. The van der Waals surface area contributed by atoms with Crippen LogP contribution in [0.2, 0.25) is 0 Å². The van der Waals surface area contributed by atoms with Gasteiger partial charge in [-0.1, -0.05) is 6.07 Å². The average Bonchev–Trinajstić information content (AvgIpc) is 2.78. The maximum Gasteiger partial charge on any atom is 0.267 e. The van der Waals surface area contributed by atoms with Crippen LogP contribution < -0.4 is 10.9 Å². The lowest BCUT2D eigenvalue weighted by Crippen LogP contribution is -2.35. The maximum absolute atomic E-state index is 13.5. The van der Waals surface area contributed by atoms with Gasteiger partial charge in [-0.05, 0) is 36.1 Å². The molecule has 2 aromatic heterocycles. The monoisotopic (exact) mass is 494 g/mol. The van der Waals surface area contributed by atoms with Crippen molar-refractivity contribution in [1.82, 2.24) is 19.2 Å². The quantitative estimate of drug-likeness (QED) is 0.458. The lowest BCUT2D eigenvalue weighted by molar-refractivity contribution is 0.0946. The van der Waals surface area contributed by atoms with E-state index in [4.69, 9.17) is 0 Å². The Morgan fingerprint density at radius 2 is 2.03 bits per heavy atom. The largest absolute Gasteiger partial charge is 0.505 e.